The van der Waals surface area contributed by atoms with Crippen molar-refractivity contribution in [1.82, 2.24) is 0 Å². The third kappa shape index (κ3) is 8.23. The molecule has 0 radical (unpaired) electrons. The van der Waals surface area contributed by atoms with Crippen LogP contribution in [0, 0.1) is 11.3 Å². The van der Waals surface area contributed by atoms with Crippen LogP contribution in [-0.2, 0) is 0 Å². The fraction of sp³-hybridized carbons (Fsp3) is 0.583. The highest BCUT2D eigenvalue weighted by atomic mass is 16.3. The Bertz CT molecular complexity index is 563. The molecule has 0 aliphatic heterocycles. The molecule has 0 aromatic carbocycles. The highest BCUT2D eigenvalue weighted by molar-refractivity contribution is 5.50. The Hall–Kier alpha value is -1.54. The lowest BCUT2D eigenvalue weighted by molar-refractivity contribution is 0.350. The van der Waals surface area contributed by atoms with Gasteiger partial charge in [-0.25, -0.2) is 0 Å². The second-order valence-corrected chi connectivity index (χ2v) is 8.00. The van der Waals surface area contributed by atoms with Gasteiger partial charge in [0.25, 0.3) is 0 Å². The molecule has 1 atom stereocenters. The second kappa shape index (κ2) is 12.0. The number of hydrogen-bond donors (Lipinski definition) is 2. The molecule has 0 aromatic rings. The van der Waals surface area contributed by atoms with Crippen molar-refractivity contribution in [2.45, 2.75) is 73.1 Å². The molecule has 0 aromatic heterocycles. The molecule has 0 amide bonds. The molecule has 2 nitrogen and oxygen atoms in total. The minimum atomic E-state index is 0.148. The average molecular weight is 360 g/mol. The van der Waals surface area contributed by atoms with Gasteiger partial charge in [-0.15, -0.1) is 0 Å². The Labute approximate surface area is 162 Å². The molecule has 1 aliphatic rings. The van der Waals surface area contributed by atoms with Gasteiger partial charge < -0.3 is 10.8 Å². The van der Waals surface area contributed by atoms with Gasteiger partial charge in [0.05, 0.1) is 0 Å². The molecule has 3 N–H and O–H groups in total. The maximum Gasteiger partial charge on any atom is 0.115 e. The van der Waals surface area contributed by atoms with E-state index < -0.39 is 0 Å². The van der Waals surface area contributed by atoms with E-state index in [1.807, 2.05) is 0 Å². The van der Waals surface area contributed by atoms with E-state index in [9.17, 15) is 5.11 Å². The standard InChI is InChI=1S/C23H36O.CH5N/c1-8-18(4)11-12-19(5)22-16-23(7,14-9-10-17(2)3)15-13-21(22)20(6)24;1-2/h11,13,15,17,24H,5-6,8-10,12,14,16H2,1-4,7H3;2H2,1H3/b18-11+;. The summed E-state index contributed by atoms with van der Waals surface area (Å²) in [6.07, 6.45) is 13.1. The zero-order chi connectivity index (χ0) is 20.3. The second-order valence-electron chi connectivity index (χ2n) is 8.00. The lowest BCUT2D eigenvalue weighted by Gasteiger charge is -2.33. The average Bonchev–Trinajstić information content (AvgIpc) is 2.60. The normalized spacial score (nSPS) is 20.1. The number of aliphatic hydroxyl groups excluding tert-OH is 1. The summed E-state index contributed by atoms with van der Waals surface area (Å²) < 4.78 is 0. The van der Waals surface area contributed by atoms with Crippen LogP contribution < -0.4 is 5.73 Å². The summed E-state index contributed by atoms with van der Waals surface area (Å²) in [4.78, 5) is 0. The summed E-state index contributed by atoms with van der Waals surface area (Å²) in [6.45, 7) is 19.3. The van der Waals surface area contributed by atoms with E-state index in [4.69, 9.17) is 0 Å². The van der Waals surface area contributed by atoms with E-state index in [2.05, 4.69) is 71.7 Å². The van der Waals surface area contributed by atoms with Crippen LogP contribution in [0.2, 0.25) is 0 Å². The molecule has 1 unspecified atom stereocenters. The summed E-state index contributed by atoms with van der Waals surface area (Å²) in [7, 11) is 1.50. The monoisotopic (exact) mass is 359 g/mol. The summed E-state index contributed by atoms with van der Waals surface area (Å²) in [6, 6.07) is 0. The first-order valence-corrected chi connectivity index (χ1v) is 9.90. The van der Waals surface area contributed by atoms with E-state index in [1.54, 1.807) is 0 Å². The Morgan fingerprint density at radius 3 is 2.46 bits per heavy atom. The van der Waals surface area contributed by atoms with Crippen molar-refractivity contribution in [2.24, 2.45) is 17.1 Å². The number of nitrogens with two attached hydrogens (primary N) is 1. The van der Waals surface area contributed by atoms with Gasteiger partial charge in [-0.05, 0) is 62.1 Å². The highest BCUT2D eigenvalue weighted by Gasteiger charge is 2.28. The number of hydrogen-bond acceptors (Lipinski definition) is 2. The molecule has 2 heteroatoms. The van der Waals surface area contributed by atoms with Crippen molar-refractivity contribution in [1.29, 1.82) is 0 Å². The Morgan fingerprint density at radius 1 is 1.35 bits per heavy atom. The van der Waals surface area contributed by atoms with Crippen molar-refractivity contribution < 1.29 is 5.11 Å². The number of rotatable bonds is 9. The van der Waals surface area contributed by atoms with Gasteiger partial charge >= 0.3 is 0 Å². The van der Waals surface area contributed by atoms with Crippen molar-refractivity contribution in [2.75, 3.05) is 7.05 Å². The highest BCUT2D eigenvalue weighted by Crippen LogP contribution is 2.42. The maximum absolute atomic E-state index is 9.98. The third-order valence-corrected chi connectivity index (χ3v) is 5.08. The van der Waals surface area contributed by atoms with Gasteiger partial charge in [0, 0.05) is 5.57 Å². The molecule has 0 fully saturated rings. The molecule has 0 saturated carbocycles. The molecular formula is C24H41NO. The molecular weight excluding hydrogens is 318 g/mol. The zero-order valence-electron chi connectivity index (χ0n) is 18.0. The van der Waals surface area contributed by atoms with Crippen LogP contribution in [0.25, 0.3) is 0 Å². The maximum atomic E-state index is 9.98. The largest absolute Gasteiger partial charge is 0.508 e. The van der Waals surface area contributed by atoms with Crippen molar-refractivity contribution >= 4 is 0 Å². The van der Waals surface area contributed by atoms with E-state index in [0.717, 1.165) is 36.3 Å². The van der Waals surface area contributed by atoms with Gasteiger partial charge in [-0.3, -0.25) is 0 Å². The van der Waals surface area contributed by atoms with Crippen LogP contribution in [0.15, 0.2) is 59.4 Å². The van der Waals surface area contributed by atoms with Crippen LogP contribution >= 0.6 is 0 Å². The lowest BCUT2D eigenvalue weighted by atomic mass is 9.72. The molecule has 0 saturated heterocycles. The van der Waals surface area contributed by atoms with E-state index in [-0.39, 0.29) is 11.2 Å². The Kier molecular flexibility index (Phi) is 11.2. The molecule has 1 rings (SSSR count). The number of allylic oxidation sites excluding steroid dienone is 6. The molecule has 0 heterocycles. The number of aliphatic hydroxyl groups is 1. The van der Waals surface area contributed by atoms with Gasteiger partial charge in [0.15, 0.2) is 0 Å². The quantitative estimate of drug-likeness (QED) is 0.343. The minimum Gasteiger partial charge on any atom is -0.508 e. The summed E-state index contributed by atoms with van der Waals surface area (Å²) in [5, 5.41) is 9.98. The van der Waals surface area contributed by atoms with Gasteiger partial charge in [0.1, 0.15) is 5.76 Å². The summed E-state index contributed by atoms with van der Waals surface area (Å²) >= 11 is 0. The summed E-state index contributed by atoms with van der Waals surface area (Å²) in [5.74, 6) is 0.906. The Morgan fingerprint density at radius 2 is 1.96 bits per heavy atom. The predicted molar refractivity (Wildman–Crippen MR) is 117 cm³/mol. The first kappa shape index (κ1) is 24.5. The molecule has 1 aliphatic carbocycles. The molecule has 0 spiro atoms. The van der Waals surface area contributed by atoms with Crippen molar-refractivity contribution in [3.8, 4) is 0 Å². The fourth-order valence-electron chi connectivity index (χ4n) is 3.18. The van der Waals surface area contributed by atoms with Gasteiger partial charge in [-0.2, -0.15) is 0 Å². The molecule has 0 bridgehead atoms. The van der Waals surface area contributed by atoms with Crippen LogP contribution in [0.4, 0.5) is 0 Å². The topological polar surface area (TPSA) is 46.2 Å². The van der Waals surface area contributed by atoms with Gasteiger partial charge in [0.2, 0.25) is 0 Å². The Balaban J connectivity index is 0.00000301. The fourth-order valence-corrected chi connectivity index (χ4v) is 3.18. The van der Waals surface area contributed by atoms with Crippen LogP contribution in [0.3, 0.4) is 0 Å². The predicted octanol–water partition coefficient (Wildman–Crippen LogP) is 7.02. The van der Waals surface area contributed by atoms with Gasteiger partial charge in [-0.1, -0.05) is 77.5 Å². The third-order valence-electron chi connectivity index (χ3n) is 5.08. The first-order valence-electron chi connectivity index (χ1n) is 9.90. The zero-order valence-corrected chi connectivity index (χ0v) is 18.0. The minimum absolute atomic E-state index is 0.148. The van der Waals surface area contributed by atoms with E-state index in [0.29, 0.717) is 0 Å². The van der Waals surface area contributed by atoms with E-state index >= 15 is 0 Å². The molecule has 148 valence electrons. The lowest BCUT2D eigenvalue weighted by Crippen LogP contribution is -2.19. The van der Waals surface area contributed by atoms with Crippen LogP contribution in [0.5, 0.6) is 0 Å². The van der Waals surface area contributed by atoms with E-state index in [1.165, 1.54) is 37.5 Å². The van der Waals surface area contributed by atoms with Crippen molar-refractivity contribution in [3.63, 3.8) is 0 Å². The smallest absolute Gasteiger partial charge is 0.115 e. The summed E-state index contributed by atoms with van der Waals surface area (Å²) in [5.41, 5.74) is 9.18. The van der Waals surface area contributed by atoms with Crippen LogP contribution in [-0.4, -0.2) is 12.2 Å². The first-order chi connectivity index (χ1) is 12.2. The van der Waals surface area contributed by atoms with Crippen LogP contribution in [0.1, 0.15) is 73.1 Å². The van der Waals surface area contributed by atoms with Crippen molar-refractivity contribution in [3.05, 3.63) is 59.4 Å². The SMILES string of the molecule is C=C(O)C1=C(C(=C)C/C=C(\C)CC)CC(C)(CCCC(C)C)C=C1.CN. The molecule has 26 heavy (non-hydrogen) atoms.